The van der Waals surface area contributed by atoms with E-state index in [1.54, 1.807) is 0 Å². The van der Waals surface area contributed by atoms with Crippen LogP contribution in [0.25, 0.3) is 0 Å². The van der Waals surface area contributed by atoms with Gasteiger partial charge in [0.15, 0.2) is 0 Å². The van der Waals surface area contributed by atoms with Crippen molar-refractivity contribution in [1.82, 2.24) is 4.98 Å². The first-order chi connectivity index (χ1) is 8.15. The minimum absolute atomic E-state index is 0.559. The number of aryl methyl sites for hydroxylation is 1. The zero-order chi connectivity index (χ0) is 12.4. The number of rotatable bonds is 2. The fraction of sp³-hybridized carbons (Fsp3) is 0.643. The smallest absolute Gasteiger partial charge is 0.133 e. The monoisotopic (exact) mass is 233 g/mol. The zero-order valence-electron chi connectivity index (χ0n) is 11.1. The molecular formula is C14H23N3. The van der Waals surface area contributed by atoms with Gasteiger partial charge < -0.3 is 10.6 Å². The molecule has 94 valence electrons. The molecule has 0 amide bonds. The van der Waals surface area contributed by atoms with Gasteiger partial charge in [-0.15, -0.1) is 0 Å². The van der Waals surface area contributed by atoms with Crippen LogP contribution in [0, 0.1) is 12.8 Å². The summed E-state index contributed by atoms with van der Waals surface area (Å²) in [6.45, 7) is 8.43. The number of anilines is 1. The van der Waals surface area contributed by atoms with Crippen molar-refractivity contribution in [2.45, 2.75) is 46.2 Å². The summed E-state index contributed by atoms with van der Waals surface area (Å²) in [5.74, 6) is 1.84. The summed E-state index contributed by atoms with van der Waals surface area (Å²) in [7, 11) is 0. The molecule has 2 heterocycles. The van der Waals surface area contributed by atoms with E-state index in [0.717, 1.165) is 18.3 Å². The van der Waals surface area contributed by atoms with Crippen molar-refractivity contribution >= 4 is 5.82 Å². The van der Waals surface area contributed by atoms with Crippen LogP contribution in [0.2, 0.25) is 0 Å². The first-order valence-electron chi connectivity index (χ1n) is 6.56. The molecule has 1 aromatic heterocycles. The summed E-state index contributed by atoms with van der Waals surface area (Å²) in [6, 6.07) is 2.60. The number of hydrogen-bond donors (Lipinski definition) is 1. The number of pyridine rings is 1. The van der Waals surface area contributed by atoms with Crippen LogP contribution >= 0.6 is 0 Å². The van der Waals surface area contributed by atoms with Gasteiger partial charge in [-0.3, -0.25) is 0 Å². The van der Waals surface area contributed by atoms with Gasteiger partial charge in [-0.1, -0.05) is 6.92 Å². The second kappa shape index (κ2) is 5.05. The van der Waals surface area contributed by atoms with E-state index in [0.29, 0.717) is 12.6 Å². The van der Waals surface area contributed by atoms with Gasteiger partial charge in [0.25, 0.3) is 0 Å². The molecule has 0 aliphatic carbocycles. The van der Waals surface area contributed by atoms with Crippen molar-refractivity contribution in [2.75, 3.05) is 11.4 Å². The van der Waals surface area contributed by atoms with Crippen LogP contribution in [-0.4, -0.2) is 17.6 Å². The predicted molar refractivity (Wildman–Crippen MR) is 72.1 cm³/mol. The van der Waals surface area contributed by atoms with Crippen LogP contribution in [0.3, 0.4) is 0 Å². The SMILES string of the molecule is Cc1ccnc(N2CCCC(C)C2C)c1CN. The molecule has 2 unspecified atom stereocenters. The lowest BCUT2D eigenvalue weighted by Crippen LogP contribution is -2.43. The van der Waals surface area contributed by atoms with Gasteiger partial charge in [-0.25, -0.2) is 4.98 Å². The third kappa shape index (κ3) is 2.29. The van der Waals surface area contributed by atoms with Crippen molar-refractivity contribution in [3.8, 4) is 0 Å². The molecule has 17 heavy (non-hydrogen) atoms. The van der Waals surface area contributed by atoms with Gasteiger partial charge in [0.1, 0.15) is 5.82 Å². The third-order valence-electron chi connectivity index (χ3n) is 4.12. The maximum Gasteiger partial charge on any atom is 0.133 e. The van der Waals surface area contributed by atoms with Crippen molar-refractivity contribution in [3.05, 3.63) is 23.4 Å². The van der Waals surface area contributed by atoms with Crippen molar-refractivity contribution in [1.29, 1.82) is 0 Å². The molecule has 1 saturated heterocycles. The molecule has 0 aromatic carbocycles. The highest BCUT2D eigenvalue weighted by molar-refractivity contribution is 5.51. The molecule has 0 radical (unpaired) electrons. The van der Waals surface area contributed by atoms with Gasteiger partial charge in [0.2, 0.25) is 0 Å². The molecular weight excluding hydrogens is 210 g/mol. The number of aromatic nitrogens is 1. The Labute approximate surface area is 104 Å². The van der Waals surface area contributed by atoms with E-state index in [1.165, 1.54) is 24.0 Å². The summed E-state index contributed by atoms with van der Waals surface area (Å²) in [6.07, 6.45) is 4.47. The first-order valence-corrected chi connectivity index (χ1v) is 6.56. The highest BCUT2D eigenvalue weighted by atomic mass is 15.2. The molecule has 1 fully saturated rings. The molecule has 1 aliphatic rings. The maximum absolute atomic E-state index is 5.87. The predicted octanol–water partition coefficient (Wildman–Crippen LogP) is 2.47. The van der Waals surface area contributed by atoms with Crippen LogP contribution in [0.5, 0.6) is 0 Å². The summed E-state index contributed by atoms with van der Waals surface area (Å²) in [5, 5.41) is 0. The summed E-state index contributed by atoms with van der Waals surface area (Å²) in [5.41, 5.74) is 8.33. The third-order valence-corrected chi connectivity index (χ3v) is 4.12. The van der Waals surface area contributed by atoms with Crippen molar-refractivity contribution in [2.24, 2.45) is 11.7 Å². The van der Waals surface area contributed by atoms with E-state index in [1.807, 2.05) is 12.3 Å². The quantitative estimate of drug-likeness (QED) is 0.853. The molecule has 3 nitrogen and oxygen atoms in total. The molecule has 2 rings (SSSR count). The lowest BCUT2D eigenvalue weighted by atomic mass is 9.91. The highest BCUT2D eigenvalue weighted by Gasteiger charge is 2.27. The Morgan fingerprint density at radius 2 is 2.24 bits per heavy atom. The fourth-order valence-electron chi connectivity index (χ4n) is 2.71. The Hall–Kier alpha value is -1.09. The number of piperidine rings is 1. The minimum Gasteiger partial charge on any atom is -0.353 e. The van der Waals surface area contributed by atoms with Crippen molar-refractivity contribution in [3.63, 3.8) is 0 Å². The van der Waals surface area contributed by atoms with E-state index < -0.39 is 0 Å². The summed E-state index contributed by atoms with van der Waals surface area (Å²) < 4.78 is 0. The molecule has 1 aliphatic heterocycles. The Morgan fingerprint density at radius 1 is 1.47 bits per heavy atom. The lowest BCUT2D eigenvalue weighted by molar-refractivity contribution is 0.361. The average Bonchev–Trinajstić information content (AvgIpc) is 2.32. The van der Waals surface area contributed by atoms with Crippen LogP contribution < -0.4 is 10.6 Å². The molecule has 0 bridgehead atoms. The fourth-order valence-corrected chi connectivity index (χ4v) is 2.71. The van der Waals surface area contributed by atoms with Crippen LogP contribution in [0.15, 0.2) is 12.3 Å². The van der Waals surface area contributed by atoms with Gasteiger partial charge in [0.05, 0.1) is 0 Å². The van der Waals surface area contributed by atoms with Crippen LogP contribution in [-0.2, 0) is 6.54 Å². The molecule has 3 heteroatoms. The minimum atomic E-state index is 0.559. The van der Waals surface area contributed by atoms with E-state index >= 15 is 0 Å². The van der Waals surface area contributed by atoms with Gasteiger partial charge in [-0.2, -0.15) is 0 Å². The second-order valence-corrected chi connectivity index (χ2v) is 5.19. The van der Waals surface area contributed by atoms with Crippen LogP contribution in [0.4, 0.5) is 5.82 Å². The summed E-state index contributed by atoms with van der Waals surface area (Å²) in [4.78, 5) is 7.00. The molecule has 2 N–H and O–H groups in total. The highest BCUT2D eigenvalue weighted by Crippen LogP contribution is 2.30. The molecule has 2 atom stereocenters. The Kier molecular flexibility index (Phi) is 3.67. The second-order valence-electron chi connectivity index (χ2n) is 5.19. The van der Waals surface area contributed by atoms with E-state index in [9.17, 15) is 0 Å². The topological polar surface area (TPSA) is 42.2 Å². The first kappa shape index (κ1) is 12.4. The Balaban J connectivity index is 2.35. The lowest BCUT2D eigenvalue weighted by Gasteiger charge is -2.39. The maximum atomic E-state index is 5.87. The number of nitrogens with two attached hydrogens (primary N) is 1. The Morgan fingerprint density at radius 3 is 2.94 bits per heavy atom. The van der Waals surface area contributed by atoms with Gasteiger partial charge >= 0.3 is 0 Å². The van der Waals surface area contributed by atoms with E-state index in [2.05, 4.69) is 30.7 Å². The molecule has 0 saturated carbocycles. The standard InChI is InChI=1S/C14H23N3/c1-10-5-4-8-17(12(10)3)14-13(9-15)11(2)6-7-16-14/h6-7,10,12H,4-5,8-9,15H2,1-3H3. The number of hydrogen-bond acceptors (Lipinski definition) is 3. The normalized spacial score (nSPS) is 25.1. The van der Waals surface area contributed by atoms with Crippen molar-refractivity contribution < 1.29 is 0 Å². The Bertz CT molecular complexity index is 389. The summed E-state index contributed by atoms with van der Waals surface area (Å²) >= 11 is 0. The molecule has 1 aromatic rings. The van der Waals surface area contributed by atoms with E-state index in [4.69, 9.17) is 5.73 Å². The van der Waals surface area contributed by atoms with Gasteiger partial charge in [-0.05, 0) is 44.2 Å². The average molecular weight is 233 g/mol. The largest absolute Gasteiger partial charge is 0.353 e. The molecule has 0 spiro atoms. The van der Waals surface area contributed by atoms with Gasteiger partial charge in [0, 0.05) is 30.9 Å². The number of nitrogens with zero attached hydrogens (tertiary/aromatic N) is 2. The zero-order valence-corrected chi connectivity index (χ0v) is 11.1. The van der Waals surface area contributed by atoms with Crippen LogP contribution in [0.1, 0.15) is 37.8 Å². The van der Waals surface area contributed by atoms with E-state index in [-0.39, 0.29) is 0 Å².